The van der Waals surface area contributed by atoms with Crippen LogP contribution in [0.4, 0.5) is 9.59 Å². The van der Waals surface area contributed by atoms with Crippen LogP contribution in [-0.2, 0) is 47.7 Å². The first kappa shape index (κ1) is 92.5. The molecule has 24 heteroatoms. The van der Waals surface area contributed by atoms with E-state index in [-0.39, 0.29) is 110 Å². The Hall–Kier alpha value is -4.68. The molecular formula is C69H127AlLiN7O14S. The van der Waals surface area contributed by atoms with Crippen molar-refractivity contribution in [2.75, 3.05) is 53.6 Å². The van der Waals surface area contributed by atoms with Crippen LogP contribution in [-0.4, -0.2) is 159 Å². The zero-order valence-corrected chi connectivity index (χ0v) is 61.3. The minimum atomic E-state index is -0.812. The standard InChI is InChI=1S/C22H25NO3.C17H34N2O4.C17H34N2O3.C7H13NO3.C6H15NO.Al.Li.H2S.4H/c1-14(2)12-20(23-3)21(24)22(25)26-13-19-17-10-6-4-8-15(17)16-9-5-7-11-18(16)19;1-12(2)10-13(19-15(22)23-16(3,4)5)14(21)18-11-17(6,7)8-9-20;1-9-17(7,8)11-18-14(20)13(10-12(2)3)19-15(21)22-16(4,5)6;1-7(2,6(8)10)4-5(9)11-3;1-6(2,5-7)3-4-8;;;;;;;/h4-11,14,19-20,23H,12-13H2,1-3H3;12-13,20H,8-11H2,1-7H3,(H,18,21)(H,19,22);12-13H,9-11H2,1-8H3,(H,18,20)(H,19,21);4H2,1-3H3,(H2,8,10);8H,3-5,7H2,1-2H3;;;1H2;;;;/q;;;;;;+1;;;;;-1/t20-;2*13-;;;;;;;;;/m000........./s1/i;;1T;;;;;;;;;/hT. The van der Waals surface area contributed by atoms with E-state index in [0.717, 1.165) is 17.5 Å². The Morgan fingerprint density at radius 2 is 1.01 bits per heavy atom. The molecule has 532 valence electrons. The van der Waals surface area contributed by atoms with Gasteiger partial charge in [0, 0.05) is 33.6 Å². The predicted molar refractivity (Wildman–Crippen MR) is 378 cm³/mol. The number of methoxy groups -OCH3 is 1. The molecular weight excluding hydrogens is 1220 g/mol. The van der Waals surface area contributed by atoms with Crippen LogP contribution in [0.2, 0.25) is 0 Å². The molecule has 0 aliphatic heterocycles. The van der Waals surface area contributed by atoms with Crippen molar-refractivity contribution in [1.29, 1.82) is 1.12 Å². The molecule has 2 aromatic rings. The number of esters is 2. The molecule has 2 aromatic carbocycles. The predicted octanol–water partition coefficient (Wildman–Crippen LogP) is 5.93. The summed E-state index contributed by atoms with van der Waals surface area (Å²) >= 11 is 2.78. The first-order valence-corrected chi connectivity index (χ1v) is 31.5. The minimum absolute atomic E-state index is 0. The Labute approximate surface area is 592 Å². The number of ketones is 1. The molecule has 0 saturated carbocycles. The van der Waals surface area contributed by atoms with E-state index >= 15 is 0 Å². The number of aliphatic hydroxyl groups is 2. The zero-order valence-electron chi connectivity index (χ0n) is 63.5. The summed E-state index contributed by atoms with van der Waals surface area (Å²) in [5.74, 6) is -1.80. The largest absolute Gasteiger partial charge is 1.00 e. The molecule has 0 heterocycles. The van der Waals surface area contributed by atoms with E-state index in [1.807, 2.05) is 107 Å². The molecule has 1 aliphatic rings. The maximum absolute atomic E-state index is 12.4. The van der Waals surface area contributed by atoms with Crippen LogP contribution in [0.5, 0.6) is 0 Å². The number of hydrogen-bond acceptors (Lipinski definition) is 16. The van der Waals surface area contributed by atoms with Gasteiger partial charge in [0.2, 0.25) is 17.7 Å². The number of nitrogens with two attached hydrogens (primary N) is 2. The Kier molecular flexibility index (Phi) is 46.2. The Morgan fingerprint density at radius 3 is 1.33 bits per heavy atom. The minimum Gasteiger partial charge on any atom is -1.00 e. The van der Waals surface area contributed by atoms with E-state index < -0.39 is 70.6 Å². The Bertz CT molecular complexity index is 2450. The summed E-state index contributed by atoms with van der Waals surface area (Å²) in [4.78, 5) is 94.7. The number of amides is 5. The summed E-state index contributed by atoms with van der Waals surface area (Å²) in [5, 5.41) is 31.5. The monoisotopic (exact) mass is 1350 g/mol. The third kappa shape index (κ3) is 43.2. The number of primary amides is 1. The number of rotatable bonds is 28. The maximum Gasteiger partial charge on any atom is 1.00 e. The molecule has 1 aliphatic carbocycles. The zero-order chi connectivity index (χ0) is 72.9. The molecule has 0 saturated heterocycles. The summed E-state index contributed by atoms with van der Waals surface area (Å²) < 4.78 is 33.0. The average Bonchev–Trinajstić information content (AvgIpc) is 1.62. The van der Waals surface area contributed by atoms with Crippen LogP contribution in [0.3, 0.4) is 0 Å². The summed E-state index contributed by atoms with van der Waals surface area (Å²) in [5.41, 5.74) is 12.8. The first-order chi connectivity index (χ1) is 42.8. The van der Waals surface area contributed by atoms with Crippen molar-refractivity contribution in [3.05, 3.63) is 59.7 Å². The van der Waals surface area contributed by atoms with E-state index in [9.17, 15) is 38.4 Å². The Morgan fingerprint density at radius 1 is 0.634 bits per heavy atom. The van der Waals surface area contributed by atoms with Crippen molar-refractivity contribution < 1.29 is 89.2 Å². The number of aliphatic hydroxyl groups excluding tert-OH is 2. The van der Waals surface area contributed by atoms with Crippen LogP contribution in [0.15, 0.2) is 48.5 Å². The van der Waals surface area contributed by atoms with Gasteiger partial charge < -0.3 is 68.6 Å². The van der Waals surface area contributed by atoms with Crippen molar-refractivity contribution in [3.8, 4) is 11.1 Å². The third-order valence-electron chi connectivity index (χ3n) is 14.1. The van der Waals surface area contributed by atoms with Gasteiger partial charge in [0.25, 0.3) is 5.78 Å². The van der Waals surface area contributed by atoms with Gasteiger partial charge in [-0.25, -0.2) is 14.4 Å². The van der Waals surface area contributed by atoms with Crippen molar-refractivity contribution >= 4 is 78.4 Å². The van der Waals surface area contributed by atoms with Crippen LogP contribution in [0.25, 0.3) is 11.1 Å². The summed E-state index contributed by atoms with van der Waals surface area (Å²) in [6.07, 6.45) is 2.65. The Balaban J connectivity index is -0.000000272. The fourth-order valence-corrected chi connectivity index (χ4v) is 8.25. The van der Waals surface area contributed by atoms with Crippen molar-refractivity contribution in [2.24, 2.45) is 50.9 Å². The molecule has 11 N–H and O–H groups in total. The van der Waals surface area contributed by atoms with Gasteiger partial charge in [-0.3, -0.25) is 24.0 Å². The van der Waals surface area contributed by atoms with Gasteiger partial charge in [-0.2, -0.15) is 13.4 Å². The summed E-state index contributed by atoms with van der Waals surface area (Å²) in [6.45, 7) is 40.4. The van der Waals surface area contributed by atoms with Crippen LogP contribution >= 0.6 is 13.4 Å². The number of nitrogens with one attached hydrogen (secondary N) is 5. The average molecular weight is 1350 g/mol. The number of Topliss-reactive ketones (excluding diaryl/α,β-unsaturated/α-hetero) is 1. The number of fused-ring (bicyclic) bond motifs is 3. The topological polar surface area (TPSA) is 326 Å². The van der Waals surface area contributed by atoms with E-state index in [2.05, 4.69) is 69.0 Å². The molecule has 0 spiro atoms. The van der Waals surface area contributed by atoms with E-state index in [0.29, 0.717) is 64.6 Å². The van der Waals surface area contributed by atoms with Gasteiger partial charge in [-0.15, -0.1) is 0 Å². The number of ether oxygens (including phenoxy) is 4. The van der Waals surface area contributed by atoms with Crippen LogP contribution in [0.1, 0.15) is 210 Å². The van der Waals surface area contributed by atoms with Gasteiger partial charge in [0.05, 0.1) is 26.1 Å². The number of hydrogen-bond donors (Lipinski definition) is 9. The summed E-state index contributed by atoms with van der Waals surface area (Å²) in [7, 11) is 2.97. The van der Waals surface area contributed by atoms with Crippen molar-refractivity contribution in [1.82, 2.24) is 26.6 Å². The molecule has 0 aromatic heterocycles. The van der Waals surface area contributed by atoms with Gasteiger partial charge in [-0.05, 0) is 150 Å². The van der Waals surface area contributed by atoms with Crippen molar-refractivity contribution in [3.63, 3.8) is 0 Å². The van der Waals surface area contributed by atoms with Gasteiger partial charge >= 0.3 is 43.0 Å². The van der Waals surface area contributed by atoms with Gasteiger partial charge in [-0.1, -0.05) is 152 Å². The molecule has 21 nitrogen and oxygen atoms in total. The molecule has 3 rings (SSSR count). The second kappa shape index (κ2) is 46.5. The molecule has 0 bridgehead atoms. The number of likely N-dealkylation sites (N-methyl/N-ethyl adjacent to an activating group) is 1. The molecule has 0 fully saturated rings. The normalized spacial score (nSPS) is 13.0. The maximum atomic E-state index is 12.4. The number of carbonyl (C=O) groups excluding carboxylic acids is 8. The SMILES string of the molecule is CC(C)(CN)CCO.CC(C)C[C@H](NC(=O)OC(C)(C)C)C(=O)NCC(C)(C)CCO.CN[C@@H](CC(C)C)C(=O)C(=O)OCC1c2ccccc2-c2ccccc21.COC(=O)CC(C)(C)C(N)=O.[3H]CCC(C)(C)CNC(=O)[C@H](CC(C)C)NC(=O)OC(C)(C)C.[3H]S.[AlH3].[H-].[Li+]. The number of benzene rings is 2. The van der Waals surface area contributed by atoms with Crippen LogP contribution < -0.4 is 56.9 Å². The molecule has 0 radical (unpaired) electrons. The molecule has 5 amide bonds. The first-order valence-electron chi connectivity index (χ1n) is 32.6. The fourth-order valence-electron chi connectivity index (χ4n) is 8.25. The van der Waals surface area contributed by atoms with E-state index in [4.69, 9.17) is 38.4 Å². The number of alkyl carbamates (subject to hydrolysis) is 2. The quantitative estimate of drug-likeness (QED) is 0.0206. The number of carbonyl (C=O) groups is 8. The van der Waals surface area contributed by atoms with Crippen molar-refractivity contribution in [2.45, 2.75) is 226 Å². The van der Waals surface area contributed by atoms with Gasteiger partial charge in [0.15, 0.2) is 17.4 Å². The second-order valence-electron chi connectivity index (χ2n) is 29.1. The van der Waals surface area contributed by atoms with E-state index in [1.54, 1.807) is 62.4 Å². The fraction of sp³-hybridized carbons (Fsp3) is 0.710. The summed E-state index contributed by atoms with van der Waals surface area (Å²) in [6, 6.07) is 14.6. The third-order valence-corrected chi connectivity index (χ3v) is 14.1. The van der Waals surface area contributed by atoms with Gasteiger partial charge in [0.1, 0.15) is 29.9 Å². The van der Waals surface area contributed by atoms with Crippen LogP contribution in [0, 0.1) is 39.4 Å². The molecule has 93 heavy (non-hydrogen) atoms. The molecule has 3 atom stereocenters. The smallest absolute Gasteiger partial charge is 1.00 e. The second-order valence-corrected chi connectivity index (χ2v) is 29.1. The van der Waals surface area contributed by atoms with E-state index in [1.165, 1.54) is 18.2 Å². The molecule has 0 unspecified atom stereocenters.